The Hall–Kier alpha value is -0.910. The third-order valence-corrected chi connectivity index (χ3v) is 5.85. The molecule has 0 radical (unpaired) electrons. The lowest BCUT2D eigenvalue weighted by atomic mass is 10.1. The van der Waals surface area contributed by atoms with Crippen molar-refractivity contribution in [3.8, 4) is 0 Å². The number of aryl methyl sites for hydroxylation is 1. The first-order valence-electron chi connectivity index (χ1n) is 7.16. The van der Waals surface area contributed by atoms with E-state index in [2.05, 4.69) is 0 Å². The second-order valence-electron chi connectivity index (χ2n) is 4.92. The first-order chi connectivity index (χ1) is 9.42. The van der Waals surface area contributed by atoms with Crippen molar-refractivity contribution >= 4 is 10.0 Å². The average molecular weight is 299 g/mol. The number of sulfonamides is 1. The predicted octanol–water partition coefficient (Wildman–Crippen LogP) is 2.55. The van der Waals surface area contributed by atoms with Gasteiger partial charge in [-0.1, -0.05) is 32.9 Å². The molecule has 1 N–H and O–H groups in total. The minimum Gasteiger partial charge on any atom is -0.392 e. The molecule has 1 aromatic rings. The highest BCUT2D eigenvalue weighted by Gasteiger charge is 2.28. The van der Waals surface area contributed by atoms with Crippen molar-refractivity contribution in [2.75, 3.05) is 6.54 Å². The predicted molar refractivity (Wildman–Crippen MR) is 81.1 cm³/mol. The Labute approximate surface area is 122 Å². The molecule has 0 saturated carbocycles. The molecule has 1 rings (SSSR count). The second kappa shape index (κ2) is 7.20. The number of benzene rings is 1. The summed E-state index contributed by atoms with van der Waals surface area (Å²) >= 11 is 0. The van der Waals surface area contributed by atoms with Gasteiger partial charge in [0.05, 0.1) is 11.5 Å². The van der Waals surface area contributed by atoms with Crippen LogP contribution in [0.25, 0.3) is 0 Å². The molecule has 0 fully saturated rings. The summed E-state index contributed by atoms with van der Waals surface area (Å²) in [4.78, 5) is 0.328. The smallest absolute Gasteiger partial charge is 0.243 e. The molecule has 0 heterocycles. The van der Waals surface area contributed by atoms with Crippen LogP contribution in [-0.4, -0.2) is 30.4 Å². The average Bonchev–Trinajstić information content (AvgIpc) is 2.46. The molecule has 0 aliphatic heterocycles. The van der Waals surface area contributed by atoms with Crippen molar-refractivity contribution in [3.63, 3.8) is 0 Å². The molecule has 0 aromatic heterocycles. The van der Waals surface area contributed by atoms with Gasteiger partial charge in [-0.15, -0.1) is 0 Å². The van der Waals surface area contributed by atoms with Gasteiger partial charge in [0, 0.05) is 12.6 Å². The van der Waals surface area contributed by atoms with Crippen molar-refractivity contribution in [1.29, 1.82) is 0 Å². The van der Waals surface area contributed by atoms with Crippen molar-refractivity contribution in [1.82, 2.24) is 4.31 Å². The zero-order valence-corrected chi connectivity index (χ0v) is 13.6. The summed E-state index contributed by atoms with van der Waals surface area (Å²) in [7, 11) is -3.52. The maximum atomic E-state index is 12.9. The van der Waals surface area contributed by atoms with Gasteiger partial charge < -0.3 is 5.11 Å². The number of aliphatic hydroxyl groups is 1. The fraction of sp³-hybridized carbons (Fsp3) is 0.600. The maximum Gasteiger partial charge on any atom is 0.243 e. The van der Waals surface area contributed by atoms with Crippen molar-refractivity contribution in [3.05, 3.63) is 29.3 Å². The monoisotopic (exact) mass is 299 g/mol. The quantitative estimate of drug-likeness (QED) is 0.842. The Balaban J connectivity index is 3.39. The topological polar surface area (TPSA) is 57.6 Å². The molecular formula is C15H25NO3S. The van der Waals surface area contributed by atoms with Crippen LogP contribution in [0.1, 0.15) is 45.2 Å². The molecule has 1 aromatic carbocycles. The van der Waals surface area contributed by atoms with Gasteiger partial charge in [-0.3, -0.25) is 0 Å². The molecule has 0 bridgehead atoms. The standard InChI is InChI=1S/C15H25NO3S/c1-5-12(4)16(7-3)20(18,19)15-10-13(11-17)8-9-14(15)6-2/h8-10,12,17H,5-7,11H2,1-4H3. The van der Waals surface area contributed by atoms with Gasteiger partial charge in [0.1, 0.15) is 0 Å². The van der Waals surface area contributed by atoms with Crippen molar-refractivity contribution < 1.29 is 13.5 Å². The Morgan fingerprint density at radius 1 is 1.25 bits per heavy atom. The van der Waals surface area contributed by atoms with E-state index in [-0.39, 0.29) is 12.6 Å². The zero-order chi connectivity index (χ0) is 15.3. The third-order valence-electron chi connectivity index (χ3n) is 3.68. The van der Waals surface area contributed by atoms with Crippen LogP contribution in [0.4, 0.5) is 0 Å². The van der Waals surface area contributed by atoms with E-state index in [1.165, 1.54) is 4.31 Å². The normalized spacial score (nSPS) is 13.7. The van der Waals surface area contributed by atoms with E-state index in [1.54, 1.807) is 18.2 Å². The van der Waals surface area contributed by atoms with E-state index in [4.69, 9.17) is 0 Å². The molecule has 4 nitrogen and oxygen atoms in total. The number of rotatable bonds is 7. The molecule has 0 aliphatic rings. The van der Waals surface area contributed by atoms with Crippen LogP contribution in [-0.2, 0) is 23.1 Å². The minimum atomic E-state index is -3.52. The second-order valence-corrected chi connectivity index (χ2v) is 6.78. The summed E-state index contributed by atoms with van der Waals surface area (Å²) in [5, 5.41) is 9.23. The summed E-state index contributed by atoms with van der Waals surface area (Å²) < 4.78 is 27.2. The van der Waals surface area contributed by atoms with Crippen LogP contribution < -0.4 is 0 Å². The summed E-state index contributed by atoms with van der Waals surface area (Å²) in [6, 6.07) is 5.13. The first kappa shape index (κ1) is 17.1. The van der Waals surface area contributed by atoms with Crippen LogP contribution >= 0.6 is 0 Å². The van der Waals surface area contributed by atoms with Gasteiger partial charge in [0.2, 0.25) is 10.0 Å². The zero-order valence-electron chi connectivity index (χ0n) is 12.8. The lowest BCUT2D eigenvalue weighted by Crippen LogP contribution is -2.38. The highest BCUT2D eigenvalue weighted by molar-refractivity contribution is 7.89. The van der Waals surface area contributed by atoms with Gasteiger partial charge in [-0.05, 0) is 37.0 Å². The molecule has 1 unspecified atom stereocenters. The lowest BCUT2D eigenvalue weighted by Gasteiger charge is -2.27. The number of hydrogen-bond acceptors (Lipinski definition) is 3. The Morgan fingerprint density at radius 2 is 1.90 bits per heavy atom. The van der Waals surface area contributed by atoms with E-state index in [0.717, 1.165) is 12.0 Å². The maximum absolute atomic E-state index is 12.9. The molecule has 5 heteroatoms. The summed E-state index contributed by atoms with van der Waals surface area (Å²) in [5.41, 5.74) is 1.42. The summed E-state index contributed by atoms with van der Waals surface area (Å²) in [5.74, 6) is 0. The Kier molecular flexibility index (Phi) is 6.17. The van der Waals surface area contributed by atoms with Gasteiger partial charge in [0.15, 0.2) is 0 Å². The highest BCUT2D eigenvalue weighted by Crippen LogP contribution is 2.24. The molecule has 114 valence electrons. The highest BCUT2D eigenvalue weighted by atomic mass is 32.2. The van der Waals surface area contributed by atoms with Crippen molar-refractivity contribution in [2.45, 2.75) is 58.1 Å². The molecule has 0 spiro atoms. The van der Waals surface area contributed by atoms with Gasteiger partial charge in [0.25, 0.3) is 0 Å². The van der Waals surface area contributed by atoms with E-state index in [1.807, 2.05) is 27.7 Å². The van der Waals surface area contributed by atoms with E-state index < -0.39 is 10.0 Å². The SMILES string of the molecule is CCc1ccc(CO)cc1S(=O)(=O)N(CC)C(C)CC. The van der Waals surface area contributed by atoms with Crippen LogP contribution in [0.3, 0.4) is 0 Å². The summed E-state index contributed by atoms with van der Waals surface area (Å²) in [6.07, 6.45) is 1.42. The van der Waals surface area contributed by atoms with Crippen LogP contribution in [0.2, 0.25) is 0 Å². The van der Waals surface area contributed by atoms with Crippen LogP contribution in [0, 0.1) is 0 Å². The minimum absolute atomic E-state index is 0.0347. The lowest BCUT2D eigenvalue weighted by molar-refractivity contribution is 0.281. The fourth-order valence-corrected chi connectivity index (χ4v) is 4.34. The van der Waals surface area contributed by atoms with Gasteiger partial charge in [-0.2, -0.15) is 4.31 Å². The number of aliphatic hydroxyl groups excluding tert-OH is 1. The number of nitrogens with zero attached hydrogens (tertiary/aromatic N) is 1. The number of hydrogen-bond donors (Lipinski definition) is 1. The first-order valence-corrected chi connectivity index (χ1v) is 8.60. The van der Waals surface area contributed by atoms with Gasteiger partial charge >= 0.3 is 0 Å². The van der Waals surface area contributed by atoms with Crippen molar-refractivity contribution in [2.24, 2.45) is 0 Å². The Morgan fingerprint density at radius 3 is 2.35 bits per heavy atom. The Bertz CT molecular complexity index is 540. The molecule has 0 amide bonds. The van der Waals surface area contributed by atoms with E-state index in [0.29, 0.717) is 23.4 Å². The summed E-state index contributed by atoms with van der Waals surface area (Å²) in [6.45, 7) is 7.99. The fourth-order valence-electron chi connectivity index (χ4n) is 2.28. The van der Waals surface area contributed by atoms with Crippen LogP contribution in [0.5, 0.6) is 0 Å². The van der Waals surface area contributed by atoms with Gasteiger partial charge in [-0.25, -0.2) is 8.42 Å². The molecule has 20 heavy (non-hydrogen) atoms. The molecule has 0 saturated heterocycles. The molecule has 0 aliphatic carbocycles. The van der Waals surface area contributed by atoms with E-state index in [9.17, 15) is 13.5 Å². The van der Waals surface area contributed by atoms with Crippen LogP contribution in [0.15, 0.2) is 23.1 Å². The largest absolute Gasteiger partial charge is 0.392 e. The molecular weight excluding hydrogens is 274 g/mol. The third kappa shape index (κ3) is 3.40. The van der Waals surface area contributed by atoms with E-state index >= 15 is 0 Å². The molecule has 1 atom stereocenters.